The first-order valence-electron chi connectivity index (χ1n) is 6.31. The van der Waals surface area contributed by atoms with E-state index in [1.165, 1.54) is 38.9 Å². The highest BCUT2D eigenvalue weighted by molar-refractivity contribution is 5.20. The first kappa shape index (κ1) is 14.4. The standard InChI is InChI=1S/C12H24N2.CO2/c1-11(2,3)14-9-7-12(10-14)6-5-8-13(12)4;2-1-3/h5-10H2,1-4H3;. The van der Waals surface area contributed by atoms with E-state index < -0.39 is 0 Å². The van der Waals surface area contributed by atoms with Crippen molar-refractivity contribution in [3.63, 3.8) is 0 Å². The van der Waals surface area contributed by atoms with Crippen LogP contribution in [0.25, 0.3) is 0 Å². The molecule has 2 aliphatic rings. The van der Waals surface area contributed by atoms with E-state index in [9.17, 15) is 0 Å². The highest BCUT2D eigenvalue weighted by atomic mass is 16.2. The third kappa shape index (κ3) is 3.15. The van der Waals surface area contributed by atoms with E-state index in [1.54, 1.807) is 0 Å². The van der Waals surface area contributed by atoms with Gasteiger partial charge in [-0.3, -0.25) is 9.80 Å². The summed E-state index contributed by atoms with van der Waals surface area (Å²) in [6.07, 6.45) is 4.44. The van der Waals surface area contributed by atoms with Crippen molar-refractivity contribution in [1.82, 2.24) is 9.80 Å². The Balaban J connectivity index is 0.000000437. The molecule has 0 aliphatic carbocycles. The maximum absolute atomic E-state index is 8.12. The van der Waals surface area contributed by atoms with Crippen LogP contribution in [0.15, 0.2) is 0 Å². The second-order valence-electron chi connectivity index (χ2n) is 6.18. The Kier molecular flexibility index (Phi) is 4.48. The lowest BCUT2D eigenvalue weighted by molar-refractivity contribution is -0.191. The number of carbonyl (C=O) groups excluding carboxylic acids is 2. The summed E-state index contributed by atoms with van der Waals surface area (Å²) in [6, 6.07) is 0. The minimum absolute atomic E-state index is 0.250. The van der Waals surface area contributed by atoms with Gasteiger partial charge in [0.05, 0.1) is 0 Å². The van der Waals surface area contributed by atoms with E-state index >= 15 is 0 Å². The number of likely N-dealkylation sites (N-methyl/N-ethyl adjacent to an activating group) is 1. The van der Waals surface area contributed by atoms with Gasteiger partial charge in [0.25, 0.3) is 0 Å². The van der Waals surface area contributed by atoms with Gasteiger partial charge in [0.15, 0.2) is 0 Å². The quantitative estimate of drug-likeness (QED) is 0.641. The average Bonchev–Trinajstić information content (AvgIpc) is 2.77. The lowest BCUT2D eigenvalue weighted by Crippen LogP contribution is -2.47. The van der Waals surface area contributed by atoms with Gasteiger partial charge in [-0.1, -0.05) is 0 Å². The van der Waals surface area contributed by atoms with Crippen LogP contribution in [0, 0.1) is 0 Å². The Morgan fingerprint density at radius 1 is 1.12 bits per heavy atom. The second kappa shape index (κ2) is 5.30. The zero-order valence-corrected chi connectivity index (χ0v) is 11.5. The van der Waals surface area contributed by atoms with E-state index in [1.807, 2.05) is 0 Å². The smallest absolute Gasteiger partial charge is 0.299 e. The van der Waals surface area contributed by atoms with Crippen LogP contribution in [0.5, 0.6) is 0 Å². The van der Waals surface area contributed by atoms with Gasteiger partial charge in [-0.2, -0.15) is 9.59 Å². The molecule has 98 valence electrons. The topological polar surface area (TPSA) is 40.6 Å². The Morgan fingerprint density at radius 2 is 1.71 bits per heavy atom. The van der Waals surface area contributed by atoms with E-state index in [0.717, 1.165) is 0 Å². The van der Waals surface area contributed by atoms with Crippen molar-refractivity contribution in [2.45, 2.75) is 51.1 Å². The second-order valence-corrected chi connectivity index (χ2v) is 6.18. The predicted molar refractivity (Wildman–Crippen MR) is 65.5 cm³/mol. The summed E-state index contributed by atoms with van der Waals surface area (Å²) >= 11 is 0. The Morgan fingerprint density at radius 3 is 2.06 bits per heavy atom. The molecule has 1 atom stereocenters. The molecule has 0 aromatic carbocycles. The van der Waals surface area contributed by atoms with Crippen LogP contribution in [-0.2, 0) is 9.59 Å². The molecule has 0 aromatic rings. The summed E-state index contributed by atoms with van der Waals surface area (Å²) in [5.74, 6) is 0. The summed E-state index contributed by atoms with van der Waals surface area (Å²) in [4.78, 5) is 21.5. The minimum atomic E-state index is 0.250. The molecule has 0 radical (unpaired) electrons. The van der Waals surface area contributed by atoms with Crippen molar-refractivity contribution in [1.29, 1.82) is 0 Å². The van der Waals surface area contributed by atoms with Gasteiger partial charge in [-0.25, -0.2) is 0 Å². The third-order valence-electron chi connectivity index (χ3n) is 4.23. The molecule has 0 amide bonds. The monoisotopic (exact) mass is 240 g/mol. The fourth-order valence-corrected chi connectivity index (χ4v) is 3.02. The number of likely N-dealkylation sites (tertiary alicyclic amines) is 2. The molecule has 17 heavy (non-hydrogen) atoms. The van der Waals surface area contributed by atoms with E-state index in [-0.39, 0.29) is 6.15 Å². The van der Waals surface area contributed by atoms with E-state index in [4.69, 9.17) is 9.59 Å². The summed E-state index contributed by atoms with van der Waals surface area (Å²) < 4.78 is 0. The summed E-state index contributed by atoms with van der Waals surface area (Å²) in [7, 11) is 2.30. The highest BCUT2D eigenvalue weighted by Gasteiger charge is 2.46. The maximum Gasteiger partial charge on any atom is 0.373 e. The van der Waals surface area contributed by atoms with Crippen LogP contribution in [0.2, 0.25) is 0 Å². The SMILES string of the molecule is CN1CCCC12CCN(C(C)(C)C)C2.O=C=O. The Labute approximate surface area is 104 Å². The lowest BCUT2D eigenvalue weighted by Gasteiger charge is -2.36. The zero-order valence-electron chi connectivity index (χ0n) is 11.5. The molecule has 1 unspecified atom stereocenters. The minimum Gasteiger partial charge on any atom is -0.299 e. The van der Waals surface area contributed by atoms with Gasteiger partial charge in [0, 0.05) is 24.2 Å². The first-order chi connectivity index (χ1) is 7.85. The van der Waals surface area contributed by atoms with Crippen molar-refractivity contribution in [3.8, 4) is 0 Å². The third-order valence-corrected chi connectivity index (χ3v) is 4.23. The molecule has 1 spiro atoms. The van der Waals surface area contributed by atoms with Crippen LogP contribution in [0.3, 0.4) is 0 Å². The van der Waals surface area contributed by atoms with Gasteiger partial charge in [0.2, 0.25) is 0 Å². The molecule has 4 nitrogen and oxygen atoms in total. The molecule has 2 heterocycles. The van der Waals surface area contributed by atoms with Crippen LogP contribution in [0.4, 0.5) is 0 Å². The van der Waals surface area contributed by atoms with Gasteiger partial charge in [-0.05, 0) is 53.6 Å². The molecular weight excluding hydrogens is 216 g/mol. The van der Waals surface area contributed by atoms with Crippen LogP contribution < -0.4 is 0 Å². The van der Waals surface area contributed by atoms with Crippen LogP contribution >= 0.6 is 0 Å². The molecule has 2 fully saturated rings. The molecule has 2 aliphatic heterocycles. The largest absolute Gasteiger partial charge is 0.373 e. The number of hydrogen-bond acceptors (Lipinski definition) is 4. The fourth-order valence-electron chi connectivity index (χ4n) is 3.02. The average molecular weight is 240 g/mol. The first-order valence-corrected chi connectivity index (χ1v) is 6.31. The van der Waals surface area contributed by atoms with Crippen molar-refractivity contribution in [2.24, 2.45) is 0 Å². The van der Waals surface area contributed by atoms with Crippen molar-refractivity contribution in [3.05, 3.63) is 0 Å². The normalized spacial score (nSPS) is 30.1. The van der Waals surface area contributed by atoms with Gasteiger partial charge < -0.3 is 0 Å². The number of nitrogens with zero attached hydrogens (tertiary/aromatic N) is 2. The maximum atomic E-state index is 8.12. The molecule has 0 aromatic heterocycles. The Hall–Kier alpha value is -0.700. The van der Waals surface area contributed by atoms with Crippen molar-refractivity contribution in [2.75, 3.05) is 26.7 Å². The molecule has 0 N–H and O–H groups in total. The van der Waals surface area contributed by atoms with Crippen LogP contribution in [0.1, 0.15) is 40.0 Å². The van der Waals surface area contributed by atoms with Crippen LogP contribution in [-0.4, -0.2) is 53.7 Å². The van der Waals surface area contributed by atoms with Gasteiger partial charge in [-0.15, -0.1) is 0 Å². The summed E-state index contributed by atoms with van der Waals surface area (Å²) in [5.41, 5.74) is 0.889. The molecule has 2 saturated heterocycles. The summed E-state index contributed by atoms with van der Waals surface area (Å²) in [5, 5.41) is 0. The summed E-state index contributed by atoms with van der Waals surface area (Å²) in [6.45, 7) is 10.9. The fraction of sp³-hybridized carbons (Fsp3) is 0.923. The molecule has 0 bridgehead atoms. The van der Waals surface area contributed by atoms with E-state index in [2.05, 4.69) is 37.6 Å². The van der Waals surface area contributed by atoms with Gasteiger partial charge >= 0.3 is 6.15 Å². The zero-order chi connectivity index (χ0) is 13.1. The number of rotatable bonds is 0. The van der Waals surface area contributed by atoms with Gasteiger partial charge in [0.1, 0.15) is 0 Å². The van der Waals surface area contributed by atoms with E-state index in [0.29, 0.717) is 11.1 Å². The molecule has 4 heteroatoms. The van der Waals surface area contributed by atoms with Crippen molar-refractivity contribution < 1.29 is 9.59 Å². The predicted octanol–water partition coefficient (Wildman–Crippen LogP) is 1.37. The highest BCUT2D eigenvalue weighted by Crippen LogP contribution is 2.38. The van der Waals surface area contributed by atoms with Crippen molar-refractivity contribution >= 4 is 6.15 Å². The lowest BCUT2D eigenvalue weighted by atomic mass is 9.95. The molecule has 0 saturated carbocycles. The number of hydrogen-bond donors (Lipinski definition) is 0. The molecule has 2 rings (SSSR count). The molecular formula is C13H24N2O2. The Bertz CT molecular complexity index is 292.